The largest absolute Gasteiger partial charge is 0.326 e. The van der Waals surface area contributed by atoms with E-state index in [1.54, 1.807) is 47.4 Å². The molecule has 0 bridgehead atoms. The summed E-state index contributed by atoms with van der Waals surface area (Å²) in [6.45, 7) is 0.272. The van der Waals surface area contributed by atoms with Crippen LogP contribution in [0.3, 0.4) is 0 Å². The summed E-state index contributed by atoms with van der Waals surface area (Å²) in [5, 5.41) is 3.37. The Labute approximate surface area is 173 Å². The van der Waals surface area contributed by atoms with Gasteiger partial charge in [0, 0.05) is 43.5 Å². The first kappa shape index (κ1) is 19.5. The van der Waals surface area contributed by atoms with Gasteiger partial charge in [0.1, 0.15) is 0 Å². The van der Waals surface area contributed by atoms with Crippen LogP contribution in [0.1, 0.15) is 6.42 Å². The lowest BCUT2D eigenvalue weighted by Gasteiger charge is -2.17. The molecule has 8 nitrogen and oxygen atoms in total. The van der Waals surface area contributed by atoms with E-state index in [2.05, 4.69) is 5.32 Å². The molecule has 4 rings (SSSR count). The number of nitrogens with zero attached hydrogens (tertiary/aromatic N) is 3. The van der Waals surface area contributed by atoms with Crippen molar-refractivity contribution in [2.24, 2.45) is 5.92 Å². The molecule has 2 heterocycles. The molecule has 10 heteroatoms. The van der Waals surface area contributed by atoms with Crippen LogP contribution in [0.5, 0.6) is 0 Å². The summed E-state index contributed by atoms with van der Waals surface area (Å²) in [6.07, 6.45) is 0.108. The zero-order chi connectivity index (χ0) is 20.9. The van der Waals surface area contributed by atoms with E-state index in [1.807, 2.05) is 0 Å². The maximum Gasteiger partial charge on any atom is 0.326 e. The summed E-state index contributed by atoms with van der Waals surface area (Å²) >= 11 is 5.89. The third-order valence-corrected chi connectivity index (χ3v) is 7.28. The SMILES string of the molecule is CN1c2ccc(NC(=O)[C@@H]3CC(=O)N(c4ccc(Cl)cc4)C3)cc2N(C)S1(=O)=O. The Hall–Kier alpha value is -2.78. The number of rotatable bonds is 3. The predicted octanol–water partition coefficient (Wildman–Crippen LogP) is 2.46. The number of carbonyl (C=O) groups is 2. The van der Waals surface area contributed by atoms with E-state index >= 15 is 0 Å². The van der Waals surface area contributed by atoms with Crippen molar-refractivity contribution in [3.05, 3.63) is 47.5 Å². The lowest BCUT2D eigenvalue weighted by atomic mass is 10.1. The van der Waals surface area contributed by atoms with Crippen LogP contribution < -0.4 is 18.8 Å². The molecule has 29 heavy (non-hydrogen) atoms. The Morgan fingerprint density at radius 1 is 1.07 bits per heavy atom. The number of fused-ring (bicyclic) bond motifs is 1. The number of hydrogen-bond donors (Lipinski definition) is 1. The van der Waals surface area contributed by atoms with Gasteiger partial charge in [-0.25, -0.2) is 0 Å². The molecule has 0 saturated carbocycles. The number of anilines is 4. The van der Waals surface area contributed by atoms with Crippen molar-refractivity contribution >= 4 is 56.4 Å². The van der Waals surface area contributed by atoms with Crippen molar-refractivity contribution < 1.29 is 18.0 Å². The van der Waals surface area contributed by atoms with Gasteiger partial charge in [-0.05, 0) is 42.5 Å². The molecule has 0 spiro atoms. The molecule has 2 amide bonds. The van der Waals surface area contributed by atoms with Crippen LogP contribution in [0.2, 0.25) is 5.02 Å². The predicted molar refractivity (Wildman–Crippen MR) is 113 cm³/mol. The molecule has 0 radical (unpaired) electrons. The molecule has 1 N–H and O–H groups in total. The third-order valence-electron chi connectivity index (χ3n) is 5.25. The van der Waals surface area contributed by atoms with Crippen LogP contribution in [-0.2, 0) is 19.8 Å². The van der Waals surface area contributed by atoms with Gasteiger partial charge in [-0.1, -0.05) is 11.6 Å². The topological polar surface area (TPSA) is 90.0 Å². The fraction of sp³-hybridized carbons (Fsp3) is 0.263. The highest BCUT2D eigenvalue weighted by atomic mass is 35.5. The van der Waals surface area contributed by atoms with Gasteiger partial charge in [0.05, 0.1) is 17.3 Å². The summed E-state index contributed by atoms with van der Waals surface area (Å²) in [5.41, 5.74) is 2.19. The van der Waals surface area contributed by atoms with Crippen molar-refractivity contribution in [3.8, 4) is 0 Å². The molecular formula is C19H19ClN4O4S. The van der Waals surface area contributed by atoms with Crippen LogP contribution in [0.15, 0.2) is 42.5 Å². The lowest BCUT2D eigenvalue weighted by Crippen LogP contribution is -2.32. The average Bonchev–Trinajstić information content (AvgIpc) is 3.15. The number of halogens is 1. The quantitative estimate of drug-likeness (QED) is 0.803. The van der Waals surface area contributed by atoms with Crippen molar-refractivity contribution in [3.63, 3.8) is 0 Å². The molecule has 2 aliphatic rings. The second-order valence-corrected chi connectivity index (χ2v) is 9.44. The highest BCUT2D eigenvalue weighted by Gasteiger charge is 2.37. The fourth-order valence-electron chi connectivity index (χ4n) is 3.55. The van der Waals surface area contributed by atoms with E-state index in [4.69, 9.17) is 11.6 Å². The monoisotopic (exact) mass is 434 g/mol. The Balaban J connectivity index is 1.49. The van der Waals surface area contributed by atoms with Crippen molar-refractivity contribution in [1.29, 1.82) is 0 Å². The normalized spacial score (nSPS) is 20.2. The van der Waals surface area contributed by atoms with Crippen LogP contribution in [0, 0.1) is 5.92 Å². The molecule has 2 aromatic carbocycles. The second kappa shape index (κ2) is 6.93. The van der Waals surface area contributed by atoms with Gasteiger partial charge in [0.2, 0.25) is 11.8 Å². The highest BCUT2D eigenvalue weighted by Crippen LogP contribution is 2.40. The summed E-state index contributed by atoms with van der Waals surface area (Å²) in [6, 6.07) is 11.8. The summed E-state index contributed by atoms with van der Waals surface area (Å²) in [4.78, 5) is 26.6. The van der Waals surface area contributed by atoms with Crippen molar-refractivity contribution in [2.75, 3.05) is 39.5 Å². The molecule has 0 unspecified atom stereocenters. The smallest absolute Gasteiger partial charge is 0.326 e. The number of hydrogen-bond acceptors (Lipinski definition) is 4. The minimum Gasteiger partial charge on any atom is -0.326 e. The maximum absolute atomic E-state index is 12.7. The maximum atomic E-state index is 12.7. The summed E-state index contributed by atoms with van der Waals surface area (Å²) in [7, 11) is -0.640. The standard InChI is InChI=1S/C19H19ClN4O4S/c1-22-16-8-5-14(10-17(16)23(2)29(22,27)28)21-19(26)12-9-18(25)24(11-12)15-6-3-13(20)4-7-15/h3-8,10,12H,9,11H2,1-2H3,(H,21,26)/t12-/m1/s1. The van der Waals surface area contributed by atoms with E-state index < -0.39 is 16.1 Å². The average molecular weight is 435 g/mol. The van der Waals surface area contributed by atoms with Gasteiger partial charge in [-0.3, -0.25) is 18.2 Å². The Kier molecular flexibility index (Phi) is 4.66. The molecule has 1 saturated heterocycles. The molecule has 2 aromatic rings. The van der Waals surface area contributed by atoms with E-state index in [9.17, 15) is 18.0 Å². The first-order chi connectivity index (χ1) is 13.7. The van der Waals surface area contributed by atoms with Gasteiger partial charge < -0.3 is 10.2 Å². The Morgan fingerprint density at radius 3 is 2.41 bits per heavy atom. The second-order valence-electron chi connectivity index (χ2n) is 7.02. The lowest BCUT2D eigenvalue weighted by molar-refractivity contribution is -0.122. The van der Waals surface area contributed by atoms with Crippen LogP contribution in [0.25, 0.3) is 0 Å². The van der Waals surface area contributed by atoms with E-state index in [1.165, 1.54) is 22.7 Å². The van der Waals surface area contributed by atoms with Crippen LogP contribution in [-0.4, -0.2) is 40.9 Å². The van der Waals surface area contributed by atoms with Crippen molar-refractivity contribution in [1.82, 2.24) is 0 Å². The van der Waals surface area contributed by atoms with E-state index in [0.717, 1.165) is 0 Å². The number of amides is 2. The number of benzene rings is 2. The molecular weight excluding hydrogens is 416 g/mol. The Morgan fingerprint density at radius 2 is 1.72 bits per heavy atom. The Bertz CT molecular complexity index is 1100. The number of nitrogens with one attached hydrogen (secondary N) is 1. The van der Waals surface area contributed by atoms with Gasteiger partial charge in [-0.2, -0.15) is 8.42 Å². The van der Waals surface area contributed by atoms with Gasteiger partial charge in [0.15, 0.2) is 0 Å². The summed E-state index contributed by atoms with van der Waals surface area (Å²) < 4.78 is 26.8. The summed E-state index contributed by atoms with van der Waals surface area (Å²) in [5.74, 6) is -0.920. The minimum absolute atomic E-state index is 0.108. The first-order valence-electron chi connectivity index (χ1n) is 8.92. The van der Waals surface area contributed by atoms with Crippen LogP contribution >= 0.6 is 11.6 Å². The molecule has 0 aromatic heterocycles. The fourth-order valence-corrected chi connectivity index (χ4v) is 4.84. The van der Waals surface area contributed by atoms with Gasteiger partial charge in [0.25, 0.3) is 0 Å². The van der Waals surface area contributed by atoms with Crippen molar-refractivity contribution in [2.45, 2.75) is 6.42 Å². The van der Waals surface area contributed by atoms with Gasteiger partial charge in [-0.15, -0.1) is 0 Å². The minimum atomic E-state index is -3.58. The highest BCUT2D eigenvalue weighted by molar-refractivity contribution is 7.94. The third kappa shape index (κ3) is 3.30. The zero-order valence-electron chi connectivity index (χ0n) is 15.8. The molecule has 152 valence electrons. The molecule has 1 atom stereocenters. The van der Waals surface area contributed by atoms with E-state index in [-0.39, 0.29) is 24.8 Å². The van der Waals surface area contributed by atoms with Crippen LogP contribution in [0.4, 0.5) is 22.7 Å². The molecule has 2 aliphatic heterocycles. The molecule has 0 aliphatic carbocycles. The van der Waals surface area contributed by atoms with Gasteiger partial charge >= 0.3 is 10.2 Å². The van der Waals surface area contributed by atoms with E-state index in [0.29, 0.717) is 27.8 Å². The molecule has 1 fully saturated rings. The zero-order valence-corrected chi connectivity index (χ0v) is 17.4. The number of carbonyl (C=O) groups excluding carboxylic acids is 2. The first-order valence-corrected chi connectivity index (χ1v) is 10.7.